The van der Waals surface area contributed by atoms with Gasteiger partial charge in [-0.25, -0.2) is 31.9 Å². The number of alkyl carbamates (subject to hydrolysis) is 1. The van der Waals surface area contributed by atoms with Crippen molar-refractivity contribution < 1.29 is 128 Å². The van der Waals surface area contributed by atoms with Gasteiger partial charge in [0.25, 0.3) is 23.6 Å². The zero-order valence-corrected chi connectivity index (χ0v) is 85.6. The molecule has 10 amide bonds. The SMILES string of the molecule is C.C.C.C1CCOC1.CC(=O)Cl.CC(=O)NC(=N)NC(=O)c1c(O)ccc(C#N)c1-c1cccc(F)c1Cl.CC(=O)NC(=NC(=O)OC(C)(C)C)NC(=O)c1c(O)ccc(C#N)c1-c1cccc(F)c1Cl.CCCCOc1ccc(C#N)c(-c2cccc(F)c2Cl)c1C(=O)NC(=N)NC(=O)OC(C)(C)C.CCCCOc1ccc(C#N)c(-c2cccc(F)c2Cl)c1C(=O)NC(=NC(=O)OC(C)(C)C)NC(C)=O.O=CC(F)(F)F.[2H]CC. The fraction of sp³-hybridized carbons (Fsp3) is 0.333. The summed E-state index contributed by atoms with van der Waals surface area (Å²) in [7, 11) is 0. The van der Waals surface area contributed by atoms with Gasteiger partial charge in [0.15, 0.2) is 0 Å². The number of rotatable bonds is 16. The molecule has 0 radical (unpaired) electrons. The van der Waals surface area contributed by atoms with E-state index in [1.54, 1.807) is 69.2 Å². The van der Waals surface area contributed by atoms with Gasteiger partial charge >= 0.3 is 24.5 Å². The zero-order valence-electron chi connectivity index (χ0n) is 82.9. The molecule has 0 atom stereocenters. The molecule has 0 spiro atoms. The van der Waals surface area contributed by atoms with E-state index in [-0.39, 0.29) is 156 Å². The molecular formula is C102H116Cl5F7N16O20. The number of halogens is 12. The Hall–Kier alpha value is -15.6. The highest BCUT2D eigenvalue weighted by Gasteiger charge is 2.33. The number of phenols is 2. The number of nitriles is 4. The van der Waals surface area contributed by atoms with Gasteiger partial charge in [-0.3, -0.25) is 96.5 Å². The number of phenolic OH excluding ortho intramolecular Hbond substituents is 2. The number of amides is 10. The average Bonchev–Trinajstić information content (AvgIpc) is 1.51. The Morgan fingerprint density at radius 2 is 0.707 bits per heavy atom. The summed E-state index contributed by atoms with van der Waals surface area (Å²) >= 11 is 29.0. The molecule has 1 saturated heterocycles. The molecule has 1 heterocycles. The topological polar surface area (TPSA) is 565 Å². The summed E-state index contributed by atoms with van der Waals surface area (Å²) in [6.07, 6.45) is -3.21. The van der Waals surface area contributed by atoms with Crippen molar-refractivity contribution in [1.82, 2.24) is 42.5 Å². The molecule has 0 aliphatic carbocycles. The molecule has 36 nitrogen and oxygen atoms in total. The number of aldehydes is 1. The first-order valence-electron chi connectivity index (χ1n) is 44.0. The molecule has 0 bridgehead atoms. The van der Waals surface area contributed by atoms with Crippen LogP contribution in [-0.2, 0) is 42.9 Å². The van der Waals surface area contributed by atoms with E-state index in [4.69, 9.17) is 91.8 Å². The number of benzene rings is 8. The normalized spacial score (nSPS) is 11.0. The number of ether oxygens (including phenoxy) is 6. The van der Waals surface area contributed by atoms with E-state index in [0.717, 1.165) is 83.2 Å². The second-order valence-corrected chi connectivity index (χ2v) is 34.4. The fourth-order valence-electron chi connectivity index (χ4n) is 11.5. The first kappa shape index (κ1) is 134. The summed E-state index contributed by atoms with van der Waals surface area (Å²) < 4.78 is 126. The smallest absolute Gasteiger partial charge is 0.446 e. The molecular weight excluding hydrogens is 2080 g/mol. The van der Waals surface area contributed by atoms with E-state index < -0.39 is 153 Å². The van der Waals surface area contributed by atoms with Crippen molar-refractivity contribution in [1.29, 1.82) is 31.9 Å². The Morgan fingerprint density at radius 1 is 0.447 bits per heavy atom. The molecule has 0 unspecified atom stereocenters. The summed E-state index contributed by atoms with van der Waals surface area (Å²) in [6, 6.07) is 33.7. The largest absolute Gasteiger partial charge is 0.507 e. The minimum absolute atomic E-state index is 0. The average molecular weight is 2200 g/mol. The number of aliphatic imine (C=N–C) groups is 2. The number of hydrogen-bond acceptors (Lipinski definition) is 26. The molecule has 1 fully saturated rings. The number of guanidine groups is 4. The number of carbonyl (C=O) groups excluding carboxylic acids is 12. The summed E-state index contributed by atoms with van der Waals surface area (Å²) in [5.41, 5.74) is -3.78. The number of carbonyl (C=O) groups is 12. The van der Waals surface area contributed by atoms with Crippen LogP contribution >= 0.6 is 58.0 Å². The van der Waals surface area contributed by atoms with Gasteiger partial charge in [0, 0.05) is 86.8 Å². The van der Waals surface area contributed by atoms with Gasteiger partial charge in [-0.1, -0.05) is 158 Å². The Morgan fingerprint density at radius 3 is 0.960 bits per heavy atom. The van der Waals surface area contributed by atoms with Gasteiger partial charge in [-0.05, 0) is 172 Å². The van der Waals surface area contributed by atoms with E-state index >= 15 is 0 Å². The summed E-state index contributed by atoms with van der Waals surface area (Å²) in [5, 5.41) is 90.2. The number of unbranched alkanes of at least 4 members (excludes halogenated alkanes) is 2. The van der Waals surface area contributed by atoms with Crippen LogP contribution in [0.3, 0.4) is 0 Å². The minimum Gasteiger partial charge on any atom is -0.507 e. The van der Waals surface area contributed by atoms with Crippen LogP contribution in [0, 0.1) is 79.4 Å². The molecule has 0 saturated carbocycles. The van der Waals surface area contributed by atoms with Gasteiger partial charge in [-0.15, -0.1) is 9.98 Å². The maximum Gasteiger partial charge on any atom is 0.446 e. The monoisotopic (exact) mass is 2190 g/mol. The summed E-state index contributed by atoms with van der Waals surface area (Å²) in [4.78, 5) is 148. The predicted octanol–water partition coefficient (Wildman–Crippen LogP) is 22.4. The van der Waals surface area contributed by atoms with Crippen LogP contribution in [0.25, 0.3) is 44.5 Å². The van der Waals surface area contributed by atoms with Gasteiger partial charge in [0.2, 0.25) is 53.1 Å². The van der Waals surface area contributed by atoms with Gasteiger partial charge in [-0.2, -0.15) is 34.2 Å². The third-order valence-corrected chi connectivity index (χ3v) is 18.6. The Kier molecular flexibility index (Phi) is 59.0. The molecule has 48 heteroatoms. The lowest BCUT2D eigenvalue weighted by molar-refractivity contribution is -0.156. The van der Waals surface area contributed by atoms with E-state index in [2.05, 4.69) is 64.1 Å². The van der Waals surface area contributed by atoms with Crippen LogP contribution in [0.5, 0.6) is 23.0 Å². The zero-order chi connectivity index (χ0) is 113. The van der Waals surface area contributed by atoms with Gasteiger partial charge in [0.1, 0.15) is 63.1 Å². The lowest BCUT2D eigenvalue weighted by Crippen LogP contribution is -2.45. The standard InChI is InChI=1S/C26H28ClFN4O5.C24H26ClFN4O4.C22H20ClFN4O5.C17H12ClFN4O3.C4H8O.C2H3ClO.C2HF3O.C2H6.3CH4/c1-6-7-13-36-19-12-11-16(14-29)20(17-9-8-10-18(28)22(17)27)21(19)23(34)31-24(30-15(2)33)32-25(35)37-26(3,4)5;1-5-6-12-33-17-11-10-14(13-27)18(15-8-7-9-16(26)20(15)25)19(17)21(31)29-22(28)30-23(32)34-24(2,3)4;1-11(29)26-20(28-21(32)33-22(2,3)4)27-19(31)17-15(30)9-8-12(10-25)16(17)13-6-5-7-14(24)18(13)23;1-8(24)22-17(21)23-16(26)14-12(25)6-5-9(7-20)13(14)10-3-2-4-11(19)15(10)18;1-2-4-5-3-1;1-2(3)4;3-2(4,5)1-6;1-2;;;/h8-12H,6-7,13H2,1-5H3,(H2,30,31,32,33,34,35);7-11H,5-6,12H2,1-4H3,(H3,28,29,30,31,32);5-9,30H,1-4H3,(H2,26,27,28,29,31,32);2-6,25H,1H3,(H3,21,22,23,24,26);1-4H2;1H3;1H;1-2H3;3*1H4/i;;;;;;;1D;;;. The Balaban J connectivity index is 0. The molecule has 8 aromatic carbocycles. The van der Waals surface area contributed by atoms with E-state index in [0.29, 0.717) is 19.7 Å². The first-order valence-corrected chi connectivity index (χ1v) is 45.2. The van der Waals surface area contributed by atoms with E-state index in [1.165, 1.54) is 105 Å². The second kappa shape index (κ2) is 65.9. The Bertz CT molecular complexity index is 6440. The Labute approximate surface area is 889 Å². The van der Waals surface area contributed by atoms with Crippen molar-refractivity contribution in [3.05, 3.63) is 209 Å². The first-order chi connectivity index (χ1) is 69.1. The van der Waals surface area contributed by atoms with E-state index in [9.17, 15) is 115 Å². The number of hydrogen-bond donors (Lipinski definition) is 12. The number of nitrogens with one attached hydrogen (secondary N) is 10. The number of alkyl halides is 3. The quantitative estimate of drug-likeness (QED) is 0.00813. The van der Waals surface area contributed by atoms with Crippen molar-refractivity contribution in [3.63, 3.8) is 0 Å². The molecule has 0 aromatic heterocycles. The molecule has 808 valence electrons. The van der Waals surface area contributed by atoms with Crippen molar-refractivity contribution in [2.24, 2.45) is 9.98 Å². The molecule has 1 aliphatic rings. The van der Waals surface area contributed by atoms with Crippen LogP contribution in [-0.4, -0.2) is 155 Å². The molecule has 9 rings (SSSR count). The summed E-state index contributed by atoms with van der Waals surface area (Å²) in [6.45, 7) is 28.1. The third-order valence-electron chi connectivity index (χ3n) is 17.1. The number of aromatic hydroxyl groups is 2. The minimum atomic E-state index is -4.64. The van der Waals surface area contributed by atoms with Crippen LogP contribution in [0.4, 0.5) is 45.1 Å². The maximum absolute atomic E-state index is 14.3. The van der Waals surface area contributed by atoms with Gasteiger partial charge < -0.3 is 38.6 Å². The lowest BCUT2D eigenvalue weighted by atomic mass is 9.93. The highest BCUT2D eigenvalue weighted by Crippen LogP contribution is 2.44. The van der Waals surface area contributed by atoms with Crippen molar-refractivity contribution >= 4 is 153 Å². The maximum atomic E-state index is 14.3. The predicted molar refractivity (Wildman–Crippen MR) is 554 cm³/mol. The number of nitrogens with zero attached hydrogens (tertiary/aromatic N) is 6. The van der Waals surface area contributed by atoms with Crippen molar-refractivity contribution in [2.75, 3.05) is 26.4 Å². The highest BCUT2D eigenvalue weighted by atomic mass is 35.5. The van der Waals surface area contributed by atoms with Crippen LogP contribution < -0.4 is 52.0 Å². The molecule has 12 N–H and O–H groups in total. The molecule has 1 aliphatic heterocycles. The lowest BCUT2D eigenvalue weighted by Gasteiger charge is -2.20. The van der Waals surface area contributed by atoms with Gasteiger partial charge in [0.05, 0.1) is 102 Å². The second-order valence-electron chi connectivity index (χ2n) is 32.3. The van der Waals surface area contributed by atoms with Crippen LogP contribution in [0.2, 0.25) is 20.1 Å². The van der Waals surface area contributed by atoms with Crippen LogP contribution in [0.15, 0.2) is 131 Å². The van der Waals surface area contributed by atoms with Crippen molar-refractivity contribution in [2.45, 2.75) is 201 Å². The highest BCUT2D eigenvalue weighted by molar-refractivity contribution is 6.62. The summed E-state index contributed by atoms with van der Waals surface area (Å²) in [5.74, 6) is -12.0. The fourth-order valence-corrected chi connectivity index (χ4v) is 12.4. The van der Waals surface area contributed by atoms with Crippen LogP contribution in [0.1, 0.15) is 244 Å². The third kappa shape index (κ3) is 46.6. The van der Waals surface area contributed by atoms with Crippen molar-refractivity contribution in [3.8, 4) is 91.8 Å². The van der Waals surface area contributed by atoms with E-state index in [1.807, 2.05) is 38.1 Å². The molecule has 8 aromatic rings. The molecule has 150 heavy (non-hydrogen) atoms.